The second-order valence-corrected chi connectivity index (χ2v) is 17.0. The number of fused-ring (bicyclic) bond motifs is 12. The summed E-state index contributed by atoms with van der Waals surface area (Å²) in [7, 11) is 0. The highest BCUT2D eigenvalue weighted by molar-refractivity contribution is 6.25. The maximum absolute atomic E-state index is 2.54. The number of hydrogen-bond acceptors (Lipinski definition) is 0. The minimum atomic E-state index is 0.0679. The first-order chi connectivity index (χ1) is 25.1. The molecule has 8 aromatic carbocycles. The number of aromatic nitrogens is 1. The van der Waals surface area contributed by atoms with E-state index in [1.807, 2.05) is 0 Å². The molecule has 0 spiro atoms. The van der Waals surface area contributed by atoms with Crippen LogP contribution in [-0.4, -0.2) is 4.57 Å². The molecule has 1 heterocycles. The zero-order valence-electron chi connectivity index (χ0n) is 30.9. The van der Waals surface area contributed by atoms with Crippen LogP contribution in [0.2, 0.25) is 0 Å². The van der Waals surface area contributed by atoms with Gasteiger partial charge in [-0.05, 0) is 124 Å². The van der Waals surface area contributed by atoms with Crippen molar-refractivity contribution < 1.29 is 0 Å². The third-order valence-electron chi connectivity index (χ3n) is 11.8. The van der Waals surface area contributed by atoms with Crippen LogP contribution in [0.1, 0.15) is 63.8 Å². The first kappa shape index (κ1) is 31.1. The quantitative estimate of drug-likeness (QED) is 0.161. The summed E-state index contributed by atoms with van der Waals surface area (Å²) in [5, 5.41) is 10.5. The lowest BCUT2D eigenvalue weighted by Gasteiger charge is -2.19. The van der Waals surface area contributed by atoms with E-state index < -0.39 is 0 Å². The Labute approximate surface area is 306 Å². The molecule has 0 aliphatic heterocycles. The minimum Gasteiger partial charge on any atom is -0.309 e. The Morgan fingerprint density at radius 1 is 0.385 bits per heavy atom. The molecule has 1 heteroatoms. The van der Waals surface area contributed by atoms with Gasteiger partial charge in [0.2, 0.25) is 0 Å². The predicted molar refractivity (Wildman–Crippen MR) is 224 cm³/mol. The van der Waals surface area contributed by atoms with E-state index in [2.05, 4.69) is 186 Å². The highest BCUT2D eigenvalue weighted by atomic mass is 15.0. The van der Waals surface area contributed by atoms with Gasteiger partial charge in [-0.3, -0.25) is 0 Å². The number of nitrogens with zero attached hydrogens (tertiary/aromatic N) is 1. The first-order valence-electron chi connectivity index (χ1n) is 18.7. The van der Waals surface area contributed by atoms with Gasteiger partial charge in [-0.2, -0.15) is 0 Å². The van der Waals surface area contributed by atoms with Crippen LogP contribution in [0.3, 0.4) is 0 Å². The summed E-state index contributed by atoms with van der Waals surface area (Å²) in [5.41, 5.74) is 14.8. The summed E-state index contributed by atoms with van der Waals surface area (Å²) in [6, 6.07) is 53.0. The van der Waals surface area contributed by atoms with E-state index in [0.717, 1.165) is 6.42 Å². The fraction of sp³-hybridized carbons (Fsp3) is 0.176. The van der Waals surface area contributed by atoms with E-state index in [1.54, 1.807) is 0 Å². The minimum absolute atomic E-state index is 0.0679. The summed E-state index contributed by atoms with van der Waals surface area (Å²) in [4.78, 5) is 0. The Hall–Kier alpha value is -5.66. The zero-order valence-corrected chi connectivity index (χ0v) is 30.9. The number of rotatable bonds is 2. The van der Waals surface area contributed by atoms with Crippen LogP contribution in [0.15, 0.2) is 140 Å². The van der Waals surface area contributed by atoms with Crippen LogP contribution in [0, 0.1) is 0 Å². The molecular formula is C51H43N. The van der Waals surface area contributed by atoms with Gasteiger partial charge in [0, 0.05) is 17.2 Å². The molecule has 252 valence electrons. The van der Waals surface area contributed by atoms with Crippen molar-refractivity contribution in [3.8, 4) is 27.9 Å². The van der Waals surface area contributed by atoms with E-state index in [0.29, 0.717) is 0 Å². The lowest BCUT2D eigenvalue weighted by Crippen LogP contribution is -2.10. The van der Waals surface area contributed by atoms with Crippen molar-refractivity contribution in [1.82, 2.24) is 4.57 Å². The summed E-state index contributed by atoms with van der Waals surface area (Å²) < 4.78 is 2.54. The molecule has 1 aromatic heterocycles. The van der Waals surface area contributed by atoms with E-state index in [-0.39, 0.29) is 10.8 Å². The van der Waals surface area contributed by atoms with E-state index in [9.17, 15) is 0 Å². The van der Waals surface area contributed by atoms with Crippen LogP contribution in [0.25, 0.3) is 82.1 Å². The second kappa shape index (κ2) is 10.9. The Morgan fingerprint density at radius 2 is 0.865 bits per heavy atom. The van der Waals surface area contributed by atoms with Crippen LogP contribution < -0.4 is 0 Å². The van der Waals surface area contributed by atoms with Gasteiger partial charge in [0.1, 0.15) is 0 Å². The van der Waals surface area contributed by atoms with Gasteiger partial charge in [-0.1, -0.05) is 145 Å². The molecule has 0 fully saturated rings. The highest BCUT2D eigenvalue weighted by Crippen LogP contribution is 2.47. The zero-order chi connectivity index (χ0) is 35.5. The Bertz CT molecular complexity index is 2830. The van der Waals surface area contributed by atoms with Crippen molar-refractivity contribution in [3.05, 3.63) is 162 Å². The SMILES string of the molecule is CC(C)(C)c1ccc2c(c1)c1cc(C(C)(C)C)ccc1n2-c1cccc2c1Cc1c(-c3ccc4c5ccccc5c5ccccc5c4c3)cccc1-2. The lowest BCUT2D eigenvalue weighted by molar-refractivity contribution is 0.590. The van der Waals surface area contributed by atoms with Gasteiger partial charge >= 0.3 is 0 Å². The van der Waals surface area contributed by atoms with Gasteiger partial charge in [0.25, 0.3) is 0 Å². The highest BCUT2D eigenvalue weighted by Gasteiger charge is 2.27. The van der Waals surface area contributed by atoms with Gasteiger partial charge in [0.05, 0.1) is 16.7 Å². The van der Waals surface area contributed by atoms with Crippen molar-refractivity contribution in [2.45, 2.75) is 58.8 Å². The van der Waals surface area contributed by atoms with Crippen LogP contribution >= 0.6 is 0 Å². The molecule has 1 nitrogen and oxygen atoms in total. The molecule has 1 aliphatic carbocycles. The number of benzene rings is 8. The largest absolute Gasteiger partial charge is 0.309 e. The normalized spacial score (nSPS) is 13.1. The standard InChI is InChI=1S/C51H43N/c1-50(2,3)32-22-25-48-44(28-32)45-29-33(51(4,5)6)23-26-49(45)52(48)47-20-12-19-40-39-18-11-17-34(43(39)30-46(40)47)31-21-24-41-37-15-8-7-13-35(37)36-14-9-10-16-38(36)42(41)27-31/h7-29H,30H2,1-6H3. The molecule has 0 saturated heterocycles. The van der Waals surface area contributed by atoms with E-state index in [4.69, 9.17) is 0 Å². The van der Waals surface area contributed by atoms with Crippen molar-refractivity contribution in [3.63, 3.8) is 0 Å². The number of hydrogen-bond donors (Lipinski definition) is 0. The Kier molecular flexibility index (Phi) is 6.53. The van der Waals surface area contributed by atoms with Gasteiger partial charge in [-0.15, -0.1) is 0 Å². The van der Waals surface area contributed by atoms with E-state index >= 15 is 0 Å². The average Bonchev–Trinajstić information content (AvgIpc) is 3.69. The summed E-state index contributed by atoms with van der Waals surface area (Å²) in [5.74, 6) is 0. The monoisotopic (exact) mass is 669 g/mol. The van der Waals surface area contributed by atoms with E-state index in [1.165, 1.54) is 104 Å². The molecular weight excluding hydrogens is 627 g/mol. The molecule has 0 unspecified atom stereocenters. The summed E-state index contributed by atoms with van der Waals surface area (Å²) >= 11 is 0. The van der Waals surface area contributed by atoms with Crippen LogP contribution in [-0.2, 0) is 17.3 Å². The maximum atomic E-state index is 2.54. The summed E-state index contributed by atoms with van der Waals surface area (Å²) in [6.45, 7) is 13.9. The van der Waals surface area contributed by atoms with Crippen molar-refractivity contribution in [1.29, 1.82) is 0 Å². The molecule has 0 radical (unpaired) electrons. The fourth-order valence-corrected chi connectivity index (χ4v) is 8.99. The predicted octanol–water partition coefficient (Wildman–Crippen LogP) is 14.1. The molecule has 10 rings (SSSR count). The topological polar surface area (TPSA) is 4.93 Å². The van der Waals surface area contributed by atoms with Gasteiger partial charge < -0.3 is 4.57 Å². The third-order valence-corrected chi connectivity index (χ3v) is 11.8. The van der Waals surface area contributed by atoms with Crippen molar-refractivity contribution in [2.24, 2.45) is 0 Å². The molecule has 0 bridgehead atoms. The molecule has 52 heavy (non-hydrogen) atoms. The van der Waals surface area contributed by atoms with Gasteiger partial charge in [0.15, 0.2) is 0 Å². The smallest absolute Gasteiger partial charge is 0.0541 e. The van der Waals surface area contributed by atoms with Crippen LogP contribution in [0.5, 0.6) is 0 Å². The Morgan fingerprint density at radius 3 is 1.42 bits per heavy atom. The van der Waals surface area contributed by atoms with Crippen LogP contribution in [0.4, 0.5) is 0 Å². The van der Waals surface area contributed by atoms with Crippen molar-refractivity contribution in [2.75, 3.05) is 0 Å². The molecule has 1 aliphatic rings. The molecule has 0 saturated carbocycles. The third kappa shape index (κ3) is 4.55. The first-order valence-corrected chi connectivity index (χ1v) is 18.7. The summed E-state index contributed by atoms with van der Waals surface area (Å²) in [6.07, 6.45) is 0.898. The average molecular weight is 670 g/mol. The fourth-order valence-electron chi connectivity index (χ4n) is 8.99. The van der Waals surface area contributed by atoms with Gasteiger partial charge in [-0.25, -0.2) is 0 Å². The molecule has 0 amide bonds. The molecule has 0 atom stereocenters. The van der Waals surface area contributed by atoms with Crippen molar-refractivity contribution >= 4 is 54.1 Å². The molecule has 9 aromatic rings. The Balaban J connectivity index is 1.17. The maximum Gasteiger partial charge on any atom is 0.0541 e. The second-order valence-electron chi connectivity index (χ2n) is 17.0. The lowest BCUT2D eigenvalue weighted by atomic mass is 9.85. The molecule has 0 N–H and O–H groups in total.